The van der Waals surface area contributed by atoms with Crippen molar-refractivity contribution in [3.8, 4) is 0 Å². The molecule has 1 heterocycles. The van der Waals surface area contributed by atoms with Crippen molar-refractivity contribution in [2.75, 3.05) is 6.54 Å². The highest BCUT2D eigenvalue weighted by Gasteiger charge is 2.21. The van der Waals surface area contributed by atoms with Gasteiger partial charge in [0.1, 0.15) is 0 Å². The molecule has 3 nitrogen and oxygen atoms in total. The number of hydrogen-bond acceptors (Lipinski definition) is 2. The molecule has 0 saturated carbocycles. The van der Waals surface area contributed by atoms with Crippen LogP contribution in [-0.2, 0) is 17.8 Å². The lowest BCUT2D eigenvalue weighted by atomic mass is 9.89. The predicted molar refractivity (Wildman–Crippen MR) is 86.9 cm³/mol. The Bertz CT molecular complexity index is 498. The zero-order valence-electron chi connectivity index (χ0n) is 13.6. The zero-order valence-corrected chi connectivity index (χ0v) is 13.6. The van der Waals surface area contributed by atoms with Gasteiger partial charge in [0.25, 0.3) is 0 Å². The van der Waals surface area contributed by atoms with Gasteiger partial charge in [0.15, 0.2) is 0 Å². The van der Waals surface area contributed by atoms with E-state index in [1.165, 1.54) is 16.7 Å². The number of hydrogen-bond donors (Lipinski definition) is 1. The summed E-state index contributed by atoms with van der Waals surface area (Å²) in [6.07, 6.45) is 3.62. The third-order valence-corrected chi connectivity index (χ3v) is 4.70. The fraction of sp³-hybridized carbons (Fsp3) is 0.611. The Morgan fingerprint density at radius 3 is 2.76 bits per heavy atom. The van der Waals surface area contributed by atoms with Crippen LogP contribution in [0, 0.1) is 5.92 Å². The van der Waals surface area contributed by atoms with Crippen molar-refractivity contribution in [1.82, 2.24) is 4.90 Å². The second-order valence-electron chi connectivity index (χ2n) is 6.25. The molecule has 1 aliphatic heterocycles. The molecule has 1 amide bonds. The Balaban J connectivity index is 2.16. The quantitative estimate of drug-likeness (QED) is 0.902. The van der Waals surface area contributed by atoms with Crippen LogP contribution < -0.4 is 5.73 Å². The largest absolute Gasteiger partial charge is 0.338 e. The van der Waals surface area contributed by atoms with Gasteiger partial charge in [-0.1, -0.05) is 45.4 Å². The number of fused-ring (bicyclic) bond motifs is 1. The number of carbonyl (C=O) groups is 1. The maximum absolute atomic E-state index is 12.1. The van der Waals surface area contributed by atoms with Crippen molar-refractivity contribution < 1.29 is 4.79 Å². The van der Waals surface area contributed by atoms with Crippen LogP contribution in [0.2, 0.25) is 0 Å². The number of rotatable bonds is 5. The first-order chi connectivity index (χ1) is 10.1. The monoisotopic (exact) mass is 288 g/mol. The summed E-state index contributed by atoms with van der Waals surface area (Å²) in [5, 5.41) is 0. The molecule has 2 unspecified atom stereocenters. The van der Waals surface area contributed by atoms with E-state index in [1.54, 1.807) is 0 Å². The first-order valence-corrected chi connectivity index (χ1v) is 8.21. The minimum Gasteiger partial charge on any atom is -0.338 e. The molecule has 1 aromatic rings. The van der Waals surface area contributed by atoms with Crippen LogP contribution in [0.1, 0.15) is 62.8 Å². The van der Waals surface area contributed by atoms with E-state index in [2.05, 4.69) is 39.0 Å². The summed E-state index contributed by atoms with van der Waals surface area (Å²) in [5.74, 6) is 0.754. The number of benzene rings is 1. The smallest absolute Gasteiger partial charge is 0.222 e. The lowest BCUT2D eigenvalue weighted by molar-refractivity contribution is -0.132. The summed E-state index contributed by atoms with van der Waals surface area (Å²) < 4.78 is 0. The molecule has 0 spiro atoms. The number of nitrogens with two attached hydrogens (primary N) is 1. The van der Waals surface area contributed by atoms with Crippen molar-refractivity contribution in [3.05, 3.63) is 34.9 Å². The first-order valence-electron chi connectivity index (χ1n) is 8.21. The Kier molecular flexibility index (Phi) is 5.40. The fourth-order valence-corrected chi connectivity index (χ4v) is 2.95. The van der Waals surface area contributed by atoms with Crippen LogP contribution in [0.4, 0.5) is 0 Å². The number of carbonyl (C=O) groups excluding carboxylic acids is 1. The maximum Gasteiger partial charge on any atom is 0.222 e. The number of nitrogens with zero attached hydrogens (tertiary/aromatic N) is 1. The van der Waals surface area contributed by atoms with Gasteiger partial charge in [-0.25, -0.2) is 0 Å². The predicted octanol–water partition coefficient (Wildman–Crippen LogP) is 3.42. The molecule has 116 valence electrons. The molecule has 0 saturated heterocycles. The van der Waals surface area contributed by atoms with Gasteiger partial charge in [-0.15, -0.1) is 0 Å². The normalized spacial score (nSPS) is 17.2. The summed E-state index contributed by atoms with van der Waals surface area (Å²) >= 11 is 0. The van der Waals surface area contributed by atoms with Crippen LogP contribution in [0.5, 0.6) is 0 Å². The highest BCUT2D eigenvalue weighted by atomic mass is 16.2. The Hall–Kier alpha value is -1.35. The van der Waals surface area contributed by atoms with Crippen molar-refractivity contribution in [3.63, 3.8) is 0 Å². The van der Waals surface area contributed by atoms with E-state index in [0.29, 0.717) is 12.3 Å². The van der Waals surface area contributed by atoms with Gasteiger partial charge in [0, 0.05) is 25.6 Å². The van der Waals surface area contributed by atoms with Crippen molar-refractivity contribution >= 4 is 5.91 Å². The molecule has 0 fully saturated rings. The van der Waals surface area contributed by atoms with Gasteiger partial charge < -0.3 is 10.6 Å². The Morgan fingerprint density at radius 1 is 1.33 bits per heavy atom. The molecule has 0 bridgehead atoms. The number of amides is 1. The minimum absolute atomic E-state index is 0.0852. The van der Waals surface area contributed by atoms with Gasteiger partial charge >= 0.3 is 0 Å². The Labute approximate surface area is 128 Å². The standard InChI is InChI=1S/C18H28N2O/c1-4-6-17(21)20-10-9-14-7-8-15(11-16(14)12-20)18(19)13(3)5-2/h7-8,11,13,18H,4-6,9-10,12,19H2,1-3H3. The summed E-state index contributed by atoms with van der Waals surface area (Å²) in [4.78, 5) is 14.1. The molecule has 3 heteroatoms. The molecule has 2 rings (SSSR count). The van der Waals surface area contributed by atoms with Crippen LogP contribution in [0.25, 0.3) is 0 Å². The highest BCUT2D eigenvalue weighted by molar-refractivity contribution is 5.76. The van der Waals surface area contributed by atoms with E-state index >= 15 is 0 Å². The van der Waals surface area contributed by atoms with Crippen molar-refractivity contribution in [1.29, 1.82) is 0 Å². The van der Waals surface area contributed by atoms with Crippen molar-refractivity contribution in [2.45, 2.75) is 59.0 Å². The Morgan fingerprint density at radius 2 is 2.10 bits per heavy atom. The van der Waals surface area contributed by atoms with Gasteiger partial charge in [0.2, 0.25) is 5.91 Å². The first kappa shape index (κ1) is 16.0. The van der Waals surface area contributed by atoms with Crippen LogP contribution in [0.15, 0.2) is 18.2 Å². The summed E-state index contributed by atoms with van der Waals surface area (Å²) in [6, 6.07) is 6.67. The second-order valence-corrected chi connectivity index (χ2v) is 6.25. The van der Waals surface area contributed by atoms with Gasteiger partial charge in [-0.2, -0.15) is 0 Å². The van der Waals surface area contributed by atoms with Gasteiger partial charge in [0.05, 0.1) is 0 Å². The van der Waals surface area contributed by atoms with Crippen LogP contribution >= 0.6 is 0 Å². The third-order valence-electron chi connectivity index (χ3n) is 4.70. The topological polar surface area (TPSA) is 46.3 Å². The van der Waals surface area contributed by atoms with E-state index in [9.17, 15) is 4.79 Å². The van der Waals surface area contributed by atoms with Gasteiger partial charge in [-0.05, 0) is 35.4 Å². The molecule has 21 heavy (non-hydrogen) atoms. The zero-order chi connectivity index (χ0) is 15.4. The van der Waals surface area contributed by atoms with E-state index in [0.717, 1.165) is 32.4 Å². The van der Waals surface area contributed by atoms with E-state index in [1.807, 2.05) is 4.90 Å². The van der Waals surface area contributed by atoms with Crippen LogP contribution in [-0.4, -0.2) is 17.4 Å². The lowest BCUT2D eigenvalue weighted by Crippen LogP contribution is -2.35. The molecule has 2 N–H and O–H groups in total. The van der Waals surface area contributed by atoms with E-state index in [-0.39, 0.29) is 11.9 Å². The minimum atomic E-state index is 0.0852. The van der Waals surface area contributed by atoms with Gasteiger partial charge in [-0.3, -0.25) is 4.79 Å². The third kappa shape index (κ3) is 3.65. The summed E-state index contributed by atoms with van der Waals surface area (Å²) in [6.45, 7) is 8.02. The maximum atomic E-state index is 12.1. The second kappa shape index (κ2) is 7.08. The molecule has 1 aromatic carbocycles. The molecular weight excluding hydrogens is 260 g/mol. The van der Waals surface area contributed by atoms with Crippen LogP contribution in [0.3, 0.4) is 0 Å². The van der Waals surface area contributed by atoms with Crippen molar-refractivity contribution in [2.24, 2.45) is 11.7 Å². The molecule has 2 atom stereocenters. The SMILES string of the molecule is CCCC(=O)N1CCc2ccc(C(N)C(C)CC)cc2C1. The average Bonchev–Trinajstić information content (AvgIpc) is 2.52. The highest BCUT2D eigenvalue weighted by Crippen LogP contribution is 2.27. The molecular formula is C18H28N2O. The van der Waals surface area contributed by atoms with E-state index in [4.69, 9.17) is 5.73 Å². The molecule has 0 radical (unpaired) electrons. The molecule has 0 aromatic heterocycles. The fourth-order valence-electron chi connectivity index (χ4n) is 2.95. The summed E-state index contributed by atoms with van der Waals surface area (Å²) in [7, 11) is 0. The van der Waals surface area contributed by atoms with E-state index < -0.39 is 0 Å². The lowest BCUT2D eigenvalue weighted by Gasteiger charge is -2.30. The molecule has 1 aliphatic rings. The average molecular weight is 288 g/mol. The summed E-state index contributed by atoms with van der Waals surface area (Å²) in [5.41, 5.74) is 10.2. The molecule has 0 aliphatic carbocycles.